The third-order valence-corrected chi connectivity index (χ3v) is 11.6. The molecule has 2 saturated heterocycles. The quantitative estimate of drug-likeness (QED) is 0.149. The summed E-state index contributed by atoms with van der Waals surface area (Å²) in [6, 6.07) is 29.4. The van der Waals surface area contributed by atoms with Crippen LogP contribution in [0.4, 0.5) is 11.4 Å². The molecule has 4 aromatic rings. The standard InChI is InChI=1S/C44H39N3O5/c1-4-10-28-11-9-14-34(39(28)48)38-32-23-24-33-37(42(51)46(40(33)49)31-21-17-27(5-2)18-22-31)35(32)25-36-41(50)47(45-30-19-15-26(3)16-20-30)43(52)44(36,38)29-12-7-6-8-13-29/h4-9,11-23,33,35-38,45,48H,1-2,10,24-25H2,3H3. The van der Waals surface area contributed by atoms with Crippen molar-refractivity contribution in [2.45, 2.75) is 37.5 Å². The number of allylic oxidation sites excluding steroid dienone is 3. The van der Waals surface area contributed by atoms with E-state index in [0.29, 0.717) is 34.5 Å². The lowest BCUT2D eigenvalue weighted by Gasteiger charge is -2.50. The molecule has 6 unspecified atom stereocenters. The van der Waals surface area contributed by atoms with Crippen molar-refractivity contribution in [3.63, 3.8) is 0 Å². The molecule has 8 rings (SSSR count). The Labute approximate surface area is 302 Å². The maximum Gasteiger partial charge on any atom is 0.260 e. The Morgan fingerprint density at radius 1 is 0.846 bits per heavy atom. The summed E-state index contributed by atoms with van der Waals surface area (Å²) in [4.78, 5) is 60.1. The third kappa shape index (κ3) is 4.81. The van der Waals surface area contributed by atoms with E-state index in [1.807, 2.05) is 97.9 Å². The van der Waals surface area contributed by atoms with Gasteiger partial charge in [0.15, 0.2) is 0 Å². The molecule has 2 heterocycles. The molecule has 4 aliphatic rings. The second kappa shape index (κ2) is 12.6. The van der Waals surface area contributed by atoms with E-state index in [4.69, 9.17) is 0 Å². The second-order valence-electron chi connectivity index (χ2n) is 14.2. The molecule has 0 bridgehead atoms. The van der Waals surface area contributed by atoms with E-state index in [-0.39, 0.29) is 30.4 Å². The van der Waals surface area contributed by atoms with E-state index in [0.717, 1.165) is 21.7 Å². The molecule has 0 spiro atoms. The first kappa shape index (κ1) is 33.1. The summed E-state index contributed by atoms with van der Waals surface area (Å²) >= 11 is 0. The number of nitrogens with one attached hydrogen (secondary N) is 1. The SMILES string of the molecule is C=CCc1cccc(C2C3=CCC4C(=O)N(c5ccc(C=C)cc5)C(=O)C4C3CC3C(=O)N(Nc4ccc(C)cc4)C(=O)C32c2ccccc2)c1O. The van der Waals surface area contributed by atoms with Crippen molar-refractivity contribution in [2.75, 3.05) is 10.3 Å². The summed E-state index contributed by atoms with van der Waals surface area (Å²) in [5, 5.41) is 13.1. The number of hydrazine groups is 1. The molecule has 2 aliphatic heterocycles. The Bertz CT molecular complexity index is 2170. The van der Waals surface area contributed by atoms with Crippen molar-refractivity contribution >= 4 is 41.1 Å². The molecular weight excluding hydrogens is 651 g/mol. The van der Waals surface area contributed by atoms with Gasteiger partial charge >= 0.3 is 0 Å². The number of amides is 4. The Morgan fingerprint density at radius 2 is 1.58 bits per heavy atom. The number of carbonyl (C=O) groups excluding carboxylic acids is 4. The summed E-state index contributed by atoms with van der Waals surface area (Å²) in [6.45, 7) is 9.64. The van der Waals surface area contributed by atoms with E-state index in [9.17, 15) is 19.5 Å². The van der Waals surface area contributed by atoms with Gasteiger partial charge in [-0.2, -0.15) is 5.01 Å². The van der Waals surface area contributed by atoms with E-state index in [2.05, 4.69) is 18.6 Å². The summed E-state index contributed by atoms with van der Waals surface area (Å²) in [7, 11) is 0. The number of para-hydroxylation sites is 1. The van der Waals surface area contributed by atoms with Gasteiger partial charge in [0.25, 0.3) is 11.8 Å². The van der Waals surface area contributed by atoms with Gasteiger partial charge in [-0.15, -0.1) is 6.58 Å². The maximum absolute atomic E-state index is 15.3. The maximum atomic E-state index is 15.3. The minimum Gasteiger partial charge on any atom is -0.507 e. The van der Waals surface area contributed by atoms with E-state index < -0.39 is 46.8 Å². The number of anilines is 2. The highest BCUT2D eigenvalue weighted by Crippen LogP contribution is 2.65. The number of hydrogen-bond donors (Lipinski definition) is 2. The van der Waals surface area contributed by atoms with Crippen LogP contribution in [-0.2, 0) is 31.0 Å². The summed E-state index contributed by atoms with van der Waals surface area (Å²) in [6.07, 6.45) is 6.26. The van der Waals surface area contributed by atoms with Crippen molar-refractivity contribution < 1.29 is 24.3 Å². The first-order valence-electron chi connectivity index (χ1n) is 17.7. The molecule has 0 aromatic heterocycles. The van der Waals surface area contributed by atoms with E-state index in [1.165, 1.54) is 4.90 Å². The molecule has 2 aliphatic carbocycles. The minimum absolute atomic E-state index is 0.0214. The highest BCUT2D eigenvalue weighted by molar-refractivity contribution is 6.22. The molecular formula is C44H39N3O5. The topological polar surface area (TPSA) is 107 Å². The van der Waals surface area contributed by atoms with Crippen LogP contribution >= 0.6 is 0 Å². The van der Waals surface area contributed by atoms with Gasteiger partial charge in [0, 0.05) is 11.5 Å². The molecule has 2 N–H and O–H groups in total. The normalized spacial score (nSPS) is 26.4. The highest BCUT2D eigenvalue weighted by atomic mass is 16.3. The average Bonchev–Trinajstić information content (AvgIpc) is 3.54. The van der Waals surface area contributed by atoms with Gasteiger partial charge in [0.05, 0.1) is 34.5 Å². The van der Waals surface area contributed by atoms with Crippen molar-refractivity contribution in [3.8, 4) is 5.75 Å². The van der Waals surface area contributed by atoms with E-state index >= 15 is 4.79 Å². The number of nitrogens with zero attached hydrogens (tertiary/aromatic N) is 2. The molecule has 0 radical (unpaired) electrons. The third-order valence-electron chi connectivity index (χ3n) is 11.6. The Hall–Kier alpha value is -6.02. The lowest BCUT2D eigenvalue weighted by molar-refractivity contribution is -0.138. The fourth-order valence-electron chi connectivity index (χ4n) is 9.27. The van der Waals surface area contributed by atoms with Gasteiger partial charge in [-0.05, 0) is 73.1 Å². The van der Waals surface area contributed by atoms with Crippen LogP contribution in [0.1, 0.15) is 46.6 Å². The van der Waals surface area contributed by atoms with Crippen LogP contribution in [0.25, 0.3) is 6.08 Å². The zero-order valence-electron chi connectivity index (χ0n) is 28.9. The van der Waals surface area contributed by atoms with Crippen LogP contribution in [0.2, 0.25) is 0 Å². The monoisotopic (exact) mass is 689 g/mol. The fraction of sp³-hybridized carbons (Fsp3) is 0.227. The smallest absolute Gasteiger partial charge is 0.260 e. The number of rotatable bonds is 8. The summed E-state index contributed by atoms with van der Waals surface area (Å²) in [5.74, 6) is -5.09. The highest BCUT2D eigenvalue weighted by Gasteiger charge is 2.70. The van der Waals surface area contributed by atoms with Crippen molar-refractivity contribution in [2.24, 2.45) is 23.7 Å². The van der Waals surface area contributed by atoms with Gasteiger partial charge in [-0.1, -0.05) is 109 Å². The number of fused-ring (bicyclic) bond motifs is 4. The molecule has 4 amide bonds. The van der Waals surface area contributed by atoms with Crippen molar-refractivity contribution in [1.29, 1.82) is 0 Å². The number of aromatic hydroxyl groups is 1. The van der Waals surface area contributed by atoms with Gasteiger partial charge in [0.2, 0.25) is 11.8 Å². The van der Waals surface area contributed by atoms with Crippen LogP contribution in [0.3, 0.4) is 0 Å². The molecule has 52 heavy (non-hydrogen) atoms. The average molecular weight is 690 g/mol. The van der Waals surface area contributed by atoms with Crippen LogP contribution in [-0.4, -0.2) is 33.7 Å². The largest absolute Gasteiger partial charge is 0.507 e. The van der Waals surface area contributed by atoms with Gasteiger partial charge in [-0.3, -0.25) is 29.5 Å². The molecule has 3 fully saturated rings. The van der Waals surface area contributed by atoms with Gasteiger partial charge < -0.3 is 5.11 Å². The predicted molar refractivity (Wildman–Crippen MR) is 200 cm³/mol. The van der Waals surface area contributed by atoms with Crippen LogP contribution in [0.15, 0.2) is 128 Å². The zero-order chi connectivity index (χ0) is 36.3. The lowest BCUT2D eigenvalue weighted by atomic mass is 9.49. The molecule has 6 atom stereocenters. The molecule has 260 valence electrons. The summed E-state index contributed by atoms with van der Waals surface area (Å²) < 4.78 is 0. The number of phenolic OH excluding ortho intramolecular Hbond substituents is 1. The number of hydrogen-bond acceptors (Lipinski definition) is 6. The molecule has 8 heteroatoms. The number of aryl methyl sites for hydroxylation is 1. The lowest BCUT2D eigenvalue weighted by Crippen LogP contribution is -2.53. The molecule has 8 nitrogen and oxygen atoms in total. The Kier molecular flexibility index (Phi) is 8.05. The first-order chi connectivity index (χ1) is 25.2. The molecule has 1 saturated carbocycles. The second-order valence-corrected chi connectivity index (χ2v) is 14.2. The number of carbonyl (C=O) groups is 4. The first-order valence-corrected chi connectivity index (χ1v) is 17.7. The Morgan fingerprint density at radius 3 is 2.27 bits per heavy atom. The predicted octanol–water partition coefficient (Wildman–Crippen LogP) is 7.26. The van der Waals surface area contributed by atoms with Gasteiger partial charge in [0.1, 0.15) is 5.75 Å². The van der Waals surface area contributed by atoms with Crippen molar-refractivity contribution in [1.82, 2.24) is 5.01 Å². The van der Waals surface area contributed by atoms with Crippen LogP contribution < -0.4 is 10.3 Å². The van der Waals surface area contributed by atoms with Crippen LogP contribution in [0, 0.1) is 30.6 Å². The van der Waals surface area contributed by atoms with E-state index in [1.54, 1.807) is 24.3 Å². The number of phenols is 1. The Balaban J connectivity index is 1.33. The molecule has 4 aromatic carbocycles. The van der Waals surface area contributed by atoms with Crippen LogP contribution in [0.5, 0.6) is 5.75 Å². The summed E-state index contributed by atoms with van der Waals surface area (Å²) in [5.41, 5.74) is 7.17. The minimum atomic E-state index is -1.47. The number of imide groups is 2. The fourth-order valence-corrected chi connectivity index (χ4v) is 9.27. The zero-order valence-corrected chi connectivity index (χ0v) is 28.9. The van der Waals surface area contributed by atoms with Gasteiger partial charge in [-0.25, -0.2) is 0 Å². The van der Waals surface area contributed by atoms with Crippen molar-refractivity contribution in [3.05, 3.63) is 156 Å². The number of benzene rings is 4.